The summed E-state index contributed by atoms with van der Waals surface area (Å²) < 4.78 is 0. The maximum absolute atomic E-state index is 11.0. The summed E-state index contributed by atoms with van der Waals surface area (Å²) in [5.41, 5.74) is 2.33. The van der Waals surface area contributed by atoms with Gasteiger partial charge >= 0.3 is 5.97 Å². The maximum Gasteiger partial charge on any atom is 0.310 e. The number of hydrogen-bond donors (Lipinski definition) is 1. The minimum Gasteiger partial charge on any atom is -0.481 e. The molecule has 1 atom stereocenters. The monoisotopic (exact) mass is 236 g/mol. The Balaban J connectivity index is 3.06. The van der Waals surface area contributed by atoms with Crippen molar-refractivity contribution in [1.82, 2.24) is 9.97 Å². The summed E-state index contributed by atoms with van der Waals surface area (Å²) >= 11 is 0. The lowest BCUT2D eigenvalue weighted by Crippen LogP contribution is -2.14. The number of aliphatic carboxylic acids is 1. The molecule has 1 rings (SSSR count). The van der Waals surface area contributed by atoms with Crippen molar-refractivity contribution in [2.75, 3.05) is 0 Å². The average Bonchev–Trinajstić information content (AvgIpc) is 2.25. The van der Waals surface area contributed by atoms with Crippen molar-refractivity contribution in [1.29, 1.82) is 0 Å². The van der Waals surface area contributed by atoms with Crippen LogP contribution in [-0.4, -0.2) is 21.0 Å². The lowest BCUT2D eigenvalue weighted by Gasteiger charge is -2.13. The molecule has 0 amide bonds. The van der Waals surface area contributed by atoms with Crippen LogP contribution in [0.5, 0.6) is 0 Å². The van der Waals surface area contributed by atoms with Crippen LogP contribution in [0.1, 0.15) is 55.4 Å². The fourth-order valence-electron chi connectivity index (χ4n) is 1.99. The van der Waals surface area contributed by atoms with Gasteiger partial charge in [-0.1, -0.05) is 13.3 Å². The first-order chi connectivity index (χ1) is 7.97. The molecule has 1 unspecified atom stereocenters. The van der Waals surface area contributed by atoms with E-state index < -0.39 is 11.9 Å². The summed E-state index contributed by atoms with van der Waals surface area (Å²) in [7, 11) is 0. The van der Waals surface area contributed by atoms with Crippen LogP contribution in [0.25, 0.3) is 0 Å². The Morgan fingerprint density at radius 2 is 1.82 bits per heavy atom. The molecule has 4 nitrogen and oxygen atoms in total. The third-order valence-corrected chi connectivity index (χ3v) is 2.93. The smallest absolute Gasteiger partial charge is 0.310 e. The Morgan fingerprint density at radius 3 is 2.24 bits per heavy atom. The number of hydrogen-bond acceptors (Lipinski definition) is 3. The van der Waals surface area contributed by atoms with E-state index in [2.05, 4.69) is 16.9 Å². The molecule has 0 aliphatic rings. The molecular weight excluding hydrogens is 216 g/mol. The lowest BCUT2D eigenvalue weighted by molar-refractivity contribution is -0.138. The Kier molecular flexibility index (Phi) is 4.61. The second-order valence-electron chi connectivity index (χ2n) is 4.39. The van der Waals surface area contributed by atoms with Gasteiger partial charge in [0.25, 0.3) is 0 Å². The van der Waals surface area contributed by atoms with Gasteiger partial charge in [-0.3, -0.25) is 4.79 Å². The molecule has 0 bridgehead atoms. The molecule has 0 spiro atoms. The predicted octanol–water partition coefficient (Wildman–Crippen LogP) is 2.62. The fourth-order valence-corrected chi connectivity index (χ4v) is 1.99. The number of carbonyl (C=O) groups is 1. The van der Waals surface area contributed by atoms with Gasteiger partial charge in [0.1, 0.15) is 5.82 Å². The highest BCUT2D eigenvalue weighted by molar-refractivity contribution is 5.76. The van der Waals surface area contributed by atoms with E-state index in [1.165, 1.54) is 0 Å². The number of unbranched alkanes of at least 4 members (excludes halogenated alkanes) is 1. The molecule has 0 radical (unpaired) electrons. The second-order valence-corrected chi connectivity index (χ2v) is 4.39. The largest absolute Gasteiger partial charge is 0.481 e. The Labute approximate surface area is 102 Å². The van der Waals surface area contributed by atoms with Crippen LogP contribution in [0.15, 0.2) is 0 Å². The van der Waals surface area contributed by atoms with Crippen molar-refractivity contribution in [2.24, 2.45) is 0 Å². The highest BCUT2D eigenvalue weighted by atomic mass is 16.4. The number of rotatable bonds is 5. The summed E-state index contributed by atoms with van der Waals surface area (Å²) in [6, 6.07) is 0. The van der Waals surface area contributed by atoms with Crippen LogP contribution in [0.4, 0.5) is 0 Å². The molecule has 17 heavy (non-hydrogen) atoms. The van der Waals surface area contributed by atoms with Gasteiger partial charge in [0, 0.05) is 23.4 Å². The van der Waals surface area contributed by atoms with Crippen molar-refractivity contribution >= 4 is 5.97 Å². The molecule has 0 aliphatic carbocycles. The molecular formula is C13H20N2O2. The molecule has 1 N–H and O–H groups in total. The summed E-state index contributed by atoms with van der Waals surface area (Å²) in [5.74, 6) is -0.556. The van der Waals surface area contributed by atoms with E-state index in [-0.39, 0.29) is 0 Å². The van der Waals surface area contributed by atoms with Crippen LogP contribution in [-0.2, 0) is 11.2 Å². The van der Waals surface area contributed by atoms with Crippen molar-refractivity contribution < 1.29 is 9.90 Å². The number of carboxylic acid groups (broad SMARTS) is 1. The fraction of sp³-hybridized carbons (Fsp3) is 0.615. The van der Waals surface area contributed by atoms with E-state index in [9.17, 15) is 4.79 Å². The first-order valence-corrected chi connectivity index (χ1v) is 6.04. The van der Waals surface area contributed by atoms with Crippen LogP contribution < -0.4 is 0 Å². The molecule has 0 saturated heterocycles. The zero-order chi connectivity index (χ0) is 13.0. The second kappa shape index (κ2) is 5.75. The first-order valence-electron chi connectivity index (χ1n) is 6.04. The van der Waals surface area contributed by atoms with Crippen LogP contribution in [0.2, 0.25) is 0 Å². The Bertz CT molecular complexity index is 393. The quantitative estimate of drug-likeness (QED) is 0.853. The molecule has 0 fully saturated rings. The van der Waals surface area contributed by atoms with E-state index in [0.717, 1.165) is 42.0 Å². The zero-order valence-corrected chi connectivity index (χ0v) is 10.9. The normalized spacial score (nSPS) is 12.5. The molecule has 0 aliphatic heterocycles. The van der Waals surface area contributed by atoms with Crippen molar-refractivity contribution in [3.05, 3.63) is 22.8 Å². The average molecular weight is 236 g/mol. The van der Waals surface area contributed by atoms with E-state index in [0.29, 0.717) is 0 Å². The molecule has 0 saturated carbocycles. The number of aromatic nitrogens is 2. The van der Waals surface area contributed by atoms with Gasteiger partial charge in [-0.15, -0.1) is 0 Å². The molecule has 1 heterocycles. The maximum atomic E-state index is 11.0. The number of nitrogens with zero attached hydrogens (tertiary/aromatic N) is 2. The van der Waals surface area contributed by atoms with Crippen molar-refractivity contribution in [2.45, 2.75) is 52.9 Å². The molecule has 1 aromatic rings. The minimum atomic E-state index is -0.832. The first kappa shape index (κ1) is 13.6. The zero-order valence-electron chi connectivity index (χ0n) is 10.9. The van der Waals surface area contributed by atoms with E-state index >= 15 is 0 Å². The van der Waals surface area contributed by atoms with Gasteiger partial charge in [0.2, 0.25) is 0 Å². The van der Waals surface area contributed by atoms with Gasteiger partial charge in [0.15, 0.2) is 0 Å². The van der Waals surface area contributed by atoms with Crippen LogP contribution >= 0.6 is 0 Å². The SMILES string of the molecule is CCCCc1nc(C)c(C(C)C(=O)O)c(C)n1. The van der Waals surface area contributed by atoms with Gasteiger partial charge < -0.3 is 5.11 Å². The molecule has 0 aromatic carbocycles. The third kappa shape index (κ3) is 3.25. The summed E-state index contributed by atoms with van der Waals surface area (Å²) in [6.07, 6.45) is 3.03. The summed E-state index contributed by atoms with van der Waals surface area (Å²) in [5, 5.41) is 9.04. The van der Waals surface area contributed by atoms with E-state index in [1.807, 2.05) is 13.8 Å². The third-order valence-electron chi connectivity index (χ3n) is 2.93. The Morgan fingerprint density at radius 1 is 1.29 bits per heavy atom. The van der Waals surface area contributed by atoms with Crippen molar-refractivity contribution in [3.8, 4) is 0 Å². The van der Waals surface area contributed by atoms with Crippen molar-refractivity contribution in [3.63, 3.8) is 0 Å². The van der Waals surface area contributed by atoms with Gasteiger partial charge in [-0.2, -0.15) is 0 Å². The highest BCUT2D eigenvalue weighted by Gasteiger charge is 2.20. The predicted molar refractivity (Wildman–Crippen MR) is 66.2 cm³/mol. The Hall–Kier alpha value is -1.45. The van der Waals surface area contributed by atoms with Gasteiger partial charge in [0.05, 0.1) is 5.92 Å². The van der Waals surface area contributed by atoms with E-state index in [4.69, 9.17) is 5.11 Å². The van der Waals surface area contributed by atoms with Gasteiger partial charge in [-0.25, -0.2) is 9.97 Å². The standard InChI is InChI=1S/C13H20N2O2/c1-5-6-7-11-14-9(3)12(10(4)15-11)8(2)13(16)17/h8H,5-7H2,1-4H3,(H,16,17). The van der Waals surface area contributed by atoms with Crippen LogP contribution in [0.3, 0.4) is 0 Å². The number of aryl methyl sites for hydroxylation is 3. The molecule has 1 aromatic heterocycles. The molecule has 94 valence electrons. The number of carboxylic acids is 1. The molecule has 4 heteroatoms. The highest BCUT2D eigenvalue weighted by Crippen LogP contribution is 2.21. The topological polar surface area (TPSA) is 63.1 Å². The lowest BCUT2D eigenvalue weighted by atomic mass is 9.98. The summed E-state index contributed by atoms with van der Waals surface area (Å²) in [6.45, 7) is 7.52. The summed E-state index contributed by atoms with van der Waals surface area (Å²) in [4.78, 5) is 19.8. The minimum absolute atomic E-state index is 0.546. The van der Waals surface area contributed by atoms with Gasteiger partial charge in [-0.05, 0) is 27.2 Å². The van der Waals surface area contributed by atoms with E-state index in [1.54, 1.807) is 6.92 Å². The van der Waals surface area contributed by atoms with Crippen LogP contribution in [0, 0.1) is 13.8 Å².